The van der Waals surface area contributed by atoms with Gasteiger partial charge < -0.3 is 9.84 Å². The molecule has 0 bridgehead atoms. The number of phenolic OH excluding ortho intramolecular Hbond substituents is 1. The number of rotatable bonds is 5. The van der Waals surface area contributed by atoms with E-state index in [-0.39, 0.29) is 34.4 Å². The number of phenols is 1. The SMILES string of the molecule is C#CCCCCC(C)(C)c1cc(O)c2c(c1)OC(C)(C)[C@@H]1CCC(=O)C[C@@H]21. The number of aromatic hydroxyl groups is 1. The van der Waals surface area contributed by atoms with Crippen LogP contribution in [-0.4, -0.2) is 16.5 Å². The average molecular weight is 369 g/mol. The Morgan fingerprint density at radius 1 is 1.33 bits per heavy atom. The smallest absolute Gasteiger partial charge is 0.133 e. The van der Waals surface area contributed by atoms with Gasteiger partial charge in [-0.3, -0.25) is 4.79 Å². The molecule has 0 spiro atoms. The Morgan fingerprint density at radius 3 is 2.78 bits per heavy atom. The van der Waals surface area contributed by atoms with Crippen LogP contribution in [0.15, 0.2) is 12.1 Å². The maximum atomic E-state index is 12.1. The van der Waals surface area contributed by atoms with Crippen molar-refractivity contribution in [3.8, 4) is 23.8 Å². The monoisotopic (exact) mass is 368 g/mol. The van der Waals surface area contributed by atoms with E-state index in [1.807, 2.05) is 6.07 Å². The second-order valence-corrected chi connectivity index (χ2v) is 9.40. The molecule has 0 unspecified atom stereocenters. The largest absolute Gasteiger partial charge is 0.508 e. The van der Waals surface area contributed by atoms with E-state index in [1.165, 1.54) is 0 Å². The van der Waals surface area contributed by atoms with E-state index in [4.69, 9.17) is 11.2 Å². The first-order valence-electron chi connectivity index (χ1n) is 10.2. The van der Waals surface area contributed by atoms with Crippen molar-refractivity contribution in [2.75, 3.05) is 0 Å². The zero-order valence-corrected chi connectivity index (χ0v) is 17.1. The number of benzene rings is 1. The molecule has 0 amide bonds. The van der Waals surface area contributed by atoms with E-state index in [1.54, 1.807) is 0 Å². The van der Waals surface area contributed by atoms with Gasteiger partial charge >= 0.3 is 0 Å². The van der Waals surface area contributed by atoms with Crippen molar-refractivity contribution < 1.29 is 14.6 Å². The highest BCUT2D eigenvalue weighted by atomic mass is 16.5. The predicted octanol–water partition coefficient (Wildman–Crippen LogP) is 5.49. The molecule has 1 aliphatic heterocycles. The second-order valence-electron chi connectivity index (χ2n) is 9.40. The van der Waals surface area contributed by atoms with Gasteiger partial charge in [0.1, 0.15) is 22.9 Å². The van der Waals surface area contributed by atoms with Crippen LogP contribution in [0.25, 0.3) is 0 Å². The summed E-state index contributed by atoms with van der Waals surface area (Å²) in [7, 11) is 0. The standard InChI is InChI=1S/C24H32O3/c1-6-7-8-9-12-23(2,3)16-13-20(26)22-18-15-17(25)10-11-19(18)24(4,5)27-21(22)14-16/h1,13-14,18-19,26H,7-12,15H2,2-5H3/t18-,19-/m1/s1. The molecular weight excluding hydrogens is 336 g/mol. The van der Waals surface area contributed by atoms with Gasteiger partial charge in [-0.05, 0) is 56.2 Å². The molecule has 3 nitrogen and oxygen atoms in total. The third-order valence-electron chi connectivity index (χ3n) is 6.58. The number of ketones is 1. The first-order chi connectivity index (χ1) is 12.7. The van der Waals surface area contributed by atoms with Crippen molar-refractivity contribution in [1.82, 2.24) is 0 Å². The molecule has 27 heavy (non-hydrogen) atoms. The van der Waals surface area contributed by atoms with Crippen molar-refractivity contribution in [1.29, 1.82) is 0 Å². The van der Waals surface area contributed by atoms with Crippen LogP contribution in [0.3, 0.4) is 0 Å². The maximum absolute atomic E-state index is 12.1. The predicted molar refractivity (Wildman–Crippen MR) is 108 cm³/mol. The fourth-order valence-electron chi connectivity index (χ4n) is 4.90. The fourth-order valence-corrected chi connectivity index (χ4v) is 4.90. The molecule has 1 fully saturated rings. The number of hydrogen-bond donors (Lipinski definition) is 1. The molecule has 0 radical (unpaired) electrons. The molecule has 1 aromatic carbocycles. The van der Waals surface area contributed by atoms with Crippen LogP contribution in [-0.2, 0) is 10.2 Å². The molecule has 2 atom stereocenters. The number of carbonyl (C=O) groups is 1. The minimum absolute atomic E-state index is 0.0535. The number of carbonyl (C=O) groups excluding carboxylic acids is 1. The van der Waals surface area contributed by atoms with Gasteiger partial charge in [0.2, 0.25) is 0 Å². The summed E-state index contributed by atoms with van der Waals surface area (Å²) in [5.74, 6) is 4.33. The zero-order valence-electron chi connectivity index (χ0n) is 17.1. The molecule has 1 aliphatic carbocycles. The molecule has 0 aromatic heterocycles. The number of hydrogen-bond acceptors (Lipinski definition) is 3. The van der Waals surface area contributed by atoms with Crippen molar-refractivity contribution in [2.45, 2.75) is 89.6 Å². The van der Waals surface area contributed by atoms with E-state index >= 15 is 0 Å². The molecular formula is C24H32O3. The van der Waals surface area contributed by atoms with Crippen LogP contribution in [0.1, 0.15) is 89.7 Å². The molecule has 1 N–H and O–H groups in total. The molecule has 2 aliphatic rings. The van der Waals surface area contributed by atoms with Crippen LogP contribution in [0.2, 0.25) is 0 Å². The van der Waals surface area contributed by atoms with Crippen molar-refractivity contribution in [3.05, 3.63) is 23.3 Å². The Kier molecular flexibility index (Phi) is 5.30. The van der Waals surface area contributed by atoms with E-state index in [2.05, 4.69) is 39.7 Å². The summed E-state index contributed by atoms with van der Waals surface area (Å²) >= 11 is 0. The quantitative estimate of drug-likeness (QED) is 0.552. The molecule has 3 rings (SSSR count). The Morgan fingerprint density at radius 2 is 2.07 bits per heavy atom. The van der Waals surface area contributed by atoms with Gasteiger partial charge in [0.05, 0.1) is 0 Å². The third kappa shape index (κ3) is 3.86. The summed E-state index contributed by atoms with van der Waals surface area (Å²) in [5, 5.41) is 10.9. The summed E-state index contributed by atoms with van der Waals surface area (Å²) < 4.78 is 6.39. The van der Waals surface area contributed by atoms with Gasteiger partial charge in [-0.2, -0.15) is 0 Å². The molecule has 1 heterocycles. The van der Waals surface area contributed by atoms with E-state index in [9.17, 15) is 9.90 Å². The summed E-state index contributed by atoms with van der Waals surface area (Å²) in [6.07, 6.45) is 11.2. The first-order valence-corrected chi connectivity index (χ1v) is 10.2. The average Bonchev–Trinajstić information content (AvgIpc) is 2.57. The number of unbranched alkanes of at least 4 members (excludes halogenated alkanes) is 2. The summed E-state index contributed by atoms with van der Waals surface area (Å²) in [6, 6.07) is 3.98. The minimum Gasteiger partial charge on any atom is -0.508 e. The van der Waals surface area contributed by atoms with Crippen LogP contribution in [0, 0.1) is 18.3 Å². The lowest BCUT2D eigenvalue weighted by Gasteiger charge is -2.47. The van der Waals surface area contributed by atoms with Gasteiger partial charge in [-0.25, -0.2) is 0 Å². The Balaban J connectivity index is 1.94. The minimum atomic E-state index is -0.333. The highest BCUT2D eigenvalue weighted by Crippen LogP contribution is 2.54. The maximum Gasteiger partial charge on any atom is 0.133 e. The molecule has 3 heteroatoms. The van der Waals surface area contributed by atoms with Gasteiger partial charge in [0.15, 0.2) is 0 Å². The second kappa shape index (κ2) is 7.23. The van der Waals surface area contributed by atoms with Crippen molar-refractivity contribution in [3.63, 3.8) is 0 Å². The van der Waals surface area contributed by atoms with Crippen molar-refractivity contribution in [2.24, 2.45) is 5.92 Å². The normalized spacial score (nSPS) is 23.7. The molecule has 1 aromatic rings. The van der Waals surface area contributed by atoms with E-state index in [0.29, 0.717) is 12.8 Å². The number of terminal acetylenes is 1. The van der Waals surface area contributed by atoms with Crippen LogP contribution in [0.5, 0.6) is 11.5 Å². The number of fused-ring (bicyclic) bond motifs is 3. The topological polar surface area (TPSA) is 46.5 Å². The zero-order chi connectivity index (χ0) is 19.8. The molecule has 0 saturated heterocycles. The highest BCUT2D eigenvalue weighted by molar-refractivity contribution is 5.81. The Hall–Kier alpha value is -1.95. The van der Waals surface area contributed by atoms with Gasteiger partial charge in [0.25, 0.3) is 0 Å². The molecule has 1 saturated carbocycles. The highest BCUT2D eigenvalue weighted by Gasteiger charge is 2.47. The number of ether oxygens (including phenoxy) is 1. The lowest BCUT2D eigenvalue weighted by molar-refractivity contribution is -0.124. The number of Topliss-reactive ketones (excluding diaryl/α,β-unsaturated/α-hetero) is 1. The lowest BCUT2D eigenvalue weighted by Crippen LogP contribution is -2.47. The third-order valence-corrected chi connectivity index (χ3v) is 6.58. The Bertz CT molecular complexity index is 767. The van der Waals surface area contributed by atoms with Crippen LogP contribution < -0.4 is 4.74 Å². The summed E-state index contributed by atoms with van der Waals surface area (Å²) in [4.78, 5) is 12.1. The lowest BCUT2D eigenvalue weighted by atomic mass is 9.66. The molecule has 146 valence electrons. The van der Waals surface area contributed by atoms with Gasteiger partial charge in [-0.15, -0.1) is 12.3 Å². The van der Waals surface area contributed by atoms with Crippen LogP contribution in [0.4, 0.5) is 0 Å². The van der Waals surface area contributed by atoms with Crippen LogP contribution >= 0.6 is 0 Å². The summed E-state index contributed by atoms with van der Waals surface area (Å²) in [6.45, 7) is 8.62. The summed E-state index contributed by atoms with van der Waals surface area (Å²) in [5.41, 5.74) is 1.50. The van der Waals surface area contributed by atoms with Gasteiger partial charge in [-0.1, -0.05) is 20.3 Å². The van der Waals surface area contributed by atoms with E-state index < -0.39 is 0 Å². The fraction of sp³-hybridized carbons (Fsp3) is 0.625. The first kappa shape index (κ1) is 19.8. The Labute approximate surface area is 163 Å². The van der Waals surface area contributed by atoms with E-state index in [0.717, 1.165) is 49.0 Å². The van der Waals surface area contributed by atoms with Crippen molar-refractivity contribution >= 4 is 5.78 Å². The van der Waals surface area contributed by atoms with Gasteiger partial charge in [0, 0.05) is 36.7 Å².